The van der Waals surface area contributed by atoms with Crippen LogP contribution in [0.4, 0.5) is 18.9 Å². The van der Waals surface area contributed by atoms with Crippen LogP contribution >= 0.6 is 0 Å². The molecule has 0 aromatic heterocycles. The van der Waals surface area contributed by atoms with Gasteiger partial charge in [0.2, 0.25) is 5.91 Å². The molecule has 0 spiro atoms. The molecule has 2 fully saturated rings. The lowest BCUT2D eigenvalue weighted by molar-refractivity contribution is -0.137. The second-order valence-electron chi connectivity index (χ2n) is 5.92. The number of fused-ring (bicyclic) bond motifs is 1. The highest BCUT2D eigenvalue weighted by atomic mass is 19.4. The van der Waals surface area contributed by atoms with Crippen LogP contribution in [-0.4, -0.2) is 18.5 Å². The van der Waals surface area contributed by atoms with Crippen LogP contribution < -0.4 is 16.2 Å². The zero-order chi connectivity index (χ0) is 15.7. The van der Waals surface area contributed by atoms with Gasteiger partial charge in [0.25, 0.3) is 0 Å². The Bertz CT molecular complexity index is 561. The van der Waals surface area contributed by atoms with Crippen LogP contribution in [0.3, 0.4) is 0 Å². The summed E-state index contributed by atoms with van der Waals surface area (Å²) in [6.45, 7) is 0.831. The van der Waals surface area contributed by atoms with E-state index in [1.165, 1.54) is 12.1 Å². The molecule has 1 saturated carbocycles. The predicted octanol–water partition coefficient (Wildman–Crippen LogP) is 2.54. The minimum atomic E-state index is -4.41. The lowest BCUT2D eigenvalue weighted by atomic mass is 9.77. The fourth-order valence-electron chi connectivity index (χ4n) is 3.35. The molecule has 0 radical (unpaired) electrons. The molecule has 120 valence electrons. The number of hydrogen-bond donors (Lipinski definition) is 3. The fraction of sp³-hybridized carbons (Fsp3) is 0.533. The smallest absolute Gasteiger partial charge is 0.326 e. The van der Waals surface area contributed by atoms with Crippen molar-refractivity contribution in [3.63, 3.8) is 0 Å². The molecular formula is C15H18F3N3O. The van der Waals surface area contributed by atoms with Gasteiger partial charge in [-0.2, -0.15) is 13.2 Å². The van der Waals surface area contributed by atoms with Gasteiger partial charge in [-0.05, 0) is 37.0 Å². The predicted molar refractivity (Wildman–Crippen MR) is 75.8 cm³/mol. The summed E-state index contributed by atoms with van der Waals surface area (Å²) in [6, 6.07) is 4.80. The molecule has 3 unspecified atom stereocenters. The van der Waals surface area contributed by atoms with E-state index < -0.39 is 11.7 Å². The van der Waals surface area contributed by atoms with Crippen LogP contribution in [0.1, 0.15) is 24.8 Å². The van der Waals surface area contributed by atoms with Gasteiger partial charge >= 0.3 is 6.18 Å². The maximum atomic E-state index is 12.7. The Balaban J connectivity index is 1.71. The highest BCUT2D eigenvalue weighted by Crippen LogP contribution is 2.33. The fourth-order valence-corrected chi connectivity index (χ4v) is 3.35. The molecule has 3 N–H and O–H groups in total. The monoisotopic (exact) mass is 313 g/mol. The first kappa shape index (κ1) is 15.3. The van der Waals surface area contributed by atoms with Crippen molar-refractivity contribution in [1.82, 2.24) is 10.9 Å². The van der Waals surface area contributed by atoms with Gasteiger partial charge in [0, 0.05) is 18.3 Å². The Hall–Kier alpha value is -1.60. The maximum absolute atomic E-state index is 12.7. The molecule has 1 aliphatic heterocycles. The summed E-state index contributed by atoms with van der Waals surface area (Å²) in [4.78, 5) is 12.4. The third-order valence-electron chi connectivity index (χ3n) is 4.46. The summed E-state index contributed by atoms with van der Waals surface area (Å²) in [5.41, 5.74) is 5.61. The van der Waals surface area contributed by atoms with Crippen molar-refractivity contribution in [3.8, 4) is 0 Å². The molecule has 1 aromatic carbocycles. The van der Waals surface area contributed by atoms with Gasteiger partial charge in [0.15, 0.2) is 0 Å². The minimum absolute atomic E-state index is 0.0551. The van der Waals surface area contributed by atoms with E-state index in [0.717, 1.165) is 37.9 Å². The van der Waals surface area contributed by atoms with E-state index in [0.29, 0.717) is 5.92 Å². The summed E-state index contributed by atoms with van der Waals surface area (Å²) in [5, 5.41) is 2.63. The number of halogens is 3. The molecule has 1 heterocycles. The number of amides is 1. The van der Waals surface area contributed by atoms with Crippen molar-refractivity contribution < 1.29 is 18.0 Å². The van der Waals surface area contributed by atoms with Crippen molar-refractivity contribution in [2.45, 2.75) is 31.5 Å². The summed E-state index contributed by atoms with van der Waals surface area (Å²) < 4.78 is 38.1. The van der Waals surface area contributed by atoms with Crippen LogP contribution in [-0.2, 0) is 11.0 Å². The first-order chi connectivity index (χ1) is 10.4. The number of nitrogens with one attached hydrogen (secondary N) is 3. The van der Waals surface area contributed by atoms with Crippen molar-refractivity contribution in [3.05, 3.63) is 29.8 Å². The van der Waals surface area contributed by atoms with Crippen molar-refractivity contribution >= 4 is 11.6 Å². The number of carbonyl (C=O) groups excluding carboxylic acids is 1. The molecule has 4 nitrogen and oxygen atoms in total. The third kappa shape index (κ3) is 3.10. The van der Waals surface area contributed by atoms with E-state index >= 15 is 0 Å². The van der Waals surface area contributed by atoms with Crippen LogP contribution in [0.2, 0.25) is 0 Å². The molecular weight excluding hydrogens is 295 g/mol. The largest absolute Gasteiger partial charge is 0.416 e. The van der Waals surface area contributed by atoms with E-state index in [4.69, 9.17) is 0 Å². The third-order valence-corrected chi connectivity index (χ3v) is 4.46. The molecule has 1 saturated heterocycles. The average Bonchev–Trinajstić information content (AvgIpc) is 2.94. The zero-order valence-electron chi connectivity index (χ0n) is 11.9. The van der Waals surface area contributed by atoms with Crippen LogP contribution in [0, 0.1) is 11.8 Å². The lowest BCUT2D eigenvalue weighted by Crippen LogP contribution is -2.45. The Morgan fingerprint density at radius 3 is 2.86 bits per heavy atom. The number of alkyl halides is 3. The Labute approximate surface area is 126 Å². The second-order valence-corrected chi connectivity index (χ2v) is 5.92. The van der Waals surface area contributed by atoms with Gasteiger partial charge in [0.05, 0.1) is 11.5 Å². The van der Waals surface area contributed by atoms with Crippen LogP contribution in [0.5, 0.6) is 0 Å². The van der Waals surface area contributed by atoms with Crippen molar-refractivity contribution in [2.24, 2.45) is 11.8 Å². The number of hydrazine groups is 1. The molecule has 0 bridgehead atoms. The first-order valence-electron chi connectivity index (χ1n) is 7.41. The van der Waals surface area contributed by atoms with E-state index in [-0.39, 0.29) is 23.6 Å². The van der Waals surface area contributed by atoms with Gasteiger partial charge in [0.1, 0.15) is 0 Å². The van der Waals surface area contributed by atoms with Gasteiger partial charge in [-0.1, -0.05) is 12.5 Å². The highest BCUT2D eigenvalue weighted by Gasteiger charge is 2.40. The maximum Gasteiger partial charge on any atom is 0.416 e. The Morgan fingerprint density at radius 2 is 2.09 bits per heavy atom. The van der Waals surface area contributed by atoms with Crippen LogP contribution in [0.15, 0.2) is 24.3 Å². The quantitative estimate of drug-likeness (QED) is 0.786. The molecule has 1 aromatic rings. The molecule has 1 aliphatic carbocycles. The zero-order valence-corrected chi connectivity index (χ0v) is 11.9. The SMILES string of the molecule is O=C(Nc1cccc(C(F)(F)F)c1)C1CCCC2CNNC21. The summed E-state index contributed by atoms with van der Waals surface area (Å²) >= 11 is 0. The summed E-state index contributed by atoms with van der Waals surface area (Å²) in [5.74, 6) is -0.0282. The number of benzene rings is 1. The van der Waals surface area contributed by atoms with Gasteiger partial charge in [-0.3, -0.25) is 15.6 Å². The summed E-state index contributed by atoms with van der Waals surface area (Å²) in [7, 11) is 0. The summed E-state index contributed by atoms with van der Waals surface area (Å²) in [6.07, 6.45) is -1.63. The van der Waals surface area contributed by atoms with Gasteiger partial charge in [-0.25, -0.2) is 0 Å². The number of rotatable bonds is 2. The average molecular weight is 313 g/mol. The normalized spacial score (nSPS) is 28.2. The second kappa shape index (κ2) is 5.89. The number of anilines is 1. The van der Waals surface area contributed by atoms with Gasteiger partial charge < -0.3 is 5.32 Å². The molecule has 3 atom stereocenters. The molecule has 22 heavy (non-hydrogen) atoms. The number of hydrogen-bond acceptors (Lipinski definition) is 3. The Kier molecular flexibility index (Phi) is 4.10. The molecule has 7 heteroatoms. The minimum Gasteiger partial charge on any atom is -0.326 e. The highest BCUT2D eigenvalue weighted by molar-refractivity contribution is 5.93. The van der Waals surface area contributed by atoms with Crippen molar-refractivity contribution in [2.75, 3.05) is 11.9 Å². The topological polar surface area (TPSA) is 53.2 Å². The molecule has 3 rings (SSSR count). The molecule has 2 aliphatic rings. The van der Waals surface area contributed by atoms with Gasteiger partial charge in [-0.15, -0.1) is 0 Å². The first-order valence-corrected chi connectivity index (χ1v) is 7.41. The standard InChI is InChI=1S/C15H18F3N3O/c16-15(17,18)10-4-2-5-11(7-10)20-14(22)12-6-1-3-9-8-19-21-13(9)12/h2,4-5,7,9,12-13,19,21H,1,3,6,8H2,(H,20,22). The molecule has 1 amide bonds. The van der Waals surface area contributed by atoms with Crippen LogP contribution in [0.25, 0.3) is 0 Å². The lowest BCUT2D eigenvalue weighted by Gasteiger charge is -2.31. The van der Waals surface area contributed by atoms with Crippen molar-refractivity contribution in [1.29, 1.82) is 0 Å². The van der Waals surface area contributed by atoms with E-state index in [9.17, 15) is 18.0 Å². The Morgan fingerprint density at radius 1 is 1.27 bits per heavy atom. The van der Waals surface area contributed by atoms with E-state index in [1.807, 2.05) is 0 Å². The number of carbonyl (C=O) groups is 1. The van der Waals surface area contributed by atoms with E-state index in [1.54, 1.807) is 0 Å². The van der Waals surface area contributed by atoms with E-state index in [2.05, 4.69) is 16.2 Å².